The van der Waals surface area contributed by atoms with E-state index in [2.05, 4.69) is 12.6 Å². The van der Waals surface area contributed by atoms with Crippen molar-refractivity contribution in [3.8, 4) is 0 Å². The lowest BCUT2D eigenvalue weighted by Gasteiger charge is -2.16. The maximum Gasteiger partial charge on any atom is 0.319 e. The van der Waals surface area contributed by atoms with E-state index in [0.717, 1.165) is 0 Å². The van der Waals surface area contributed by atoms with Crippen molar-refractivity contribution in [2.75, 3.05) is 0 Å². The molecule has 0 saturated carbocycles. The fourth-order valence-electron chi connectivity index (χ4n) is 0.691. The largest absolute Gasteiger partial charge is 0.481 e. The molecule has 0 spiro atoms. The molecule has 0 aliphatic heterocycles. The van der Waals surface area contributed by atoms with Gasteiger partial charge in [-0.3, -0.25) is 9.59 Å². The molecule has 0 rings (SSSR count). The van der Waals surface area contributed by atoms with Crippen LogP contribution in [-0.4, -0.2) is 26.9 Å². The number of aliphatic carboxylic acids is 2. The number of carboxylic acid groups (broad SMARTS) is 2. The van der Waals surface area contributed by atoms with Crippen molar-refractivity contribution in [3.63, 3.8) is 0 Å². The molecule has 70 valence electrons. The van der Waals surface area contributed by atoms with Gasteiger partial charge < -0.3 is 10.2 Å². The van der Waals surface area contributed by atoms with E-state index in [0.29, 0.717) is 6.42 Å². The minimum absolute atomic E-state index is 0.0105. The quantitative estimate of drug-likeness (QED) is 0.568. The van der Waals surface area contributed by atoms with Crippen molar-refractivity contribution in [2.24, 2.45) is 0 Å². The topological polar surface area (TPSA) is 74.6 Å². The summed E-state index contributed by atoms with van der Waals surface area (Å²) in [6, 6.07) is 0. The Labute approximate surface area is 76.0 Å². The van der Waals surface area contributed by atoms with Crippen LogP contribution in [0.3, 0.4) is 0 Å². The number of hydrogen-bond acceptors (Lipinski definition) is 3. The van der Waals surface area contributed by atoms with Crippen LogP contribution in [0.25, 0.3) is 0 Å². The highest BCUT2D eigenvalue weighted by Crippen LogP contribution is 2.21. The first-order chi connectivity index (χ1) is 5.36. The summed E-state index contributed by atoms with van der Waals surface area (Å²) in [6.45, 7) is 1.46. The summed E-state index contributed by atoms with van der Waals surface area (Å²) in [7, 11) is 0. The third kappa shape index (κ3) is 4.23. The molecule has 1 atom stereocenters. The third-order valence-electron chi connectivity index (χ3n) is 1.51. The van der Waals surface area contributed by atoms with Gasteiger partial charge in [0.25, 0.3) is 0 Å². The van der Waals surface area contributed by atoms with Crippen LogP contribution in [0.5, 0.6) is 0 Å². The van der Waals surface area contributed by atoms with Gasteiger partial charge in [-0.05, 0) is 19.8 Å². The predicted octanol–water partition coefficient (Wildman–Crippen LogP) is 1.01. The van der Waals surface area contributed by atoms with Gasteiger partial charge in [0, 0.05) is 6.42 Å². The minimum atomic E-state index is -1.12. The van der Waals surface area contributed by atoms with Crippen LogP contribution >= 0.6 is 12.6 Å². The van der Waals surface area contributed by atoms with Crippen molar-refractivity contribution in [2.45, 2.75) is 30.9 Å². The molecule has 0 amide bonds. The second kappa shape index (κ2) is 4.35. The zero-order chi connectivity index (χ0) is 9.78. The van der Waals surface area contributed by atoms with Crippen LogP contribution in [0.2, 0.25) is 0 Å². The fourth-order valence-corrected chi connectivity index (χ4v) is 0.849. The fraction of sp³-hybridized carbons (Fsp3) is 0.714. The van der Waals surface area contributed by atoms with Gasteiger partial charge in [0.05, 0.1) is 0 Å². The molecule has 0 aromatic rings. The highest BCUT2D eigenvalue weighted by Gasteiger charge is 2.27. The summed E-state index contributed by atoms with van der Waals surface area (Å²) in [5.41, 5.74) is 0. The normalized spacial score (nSPS) is 15.2. The first-order valence-electron chi connectivity index (χ1n) is 3.54. The number of carboxylic acids is 2. The van der Waals surface area contributed by atoms with Crippen LogP contribution in [0, 0.1) is 0 Å². The van der Waals surface area contributed by atoms with Crippen LogP contribution in [0.4, 0.5) is 0 Å². The number of thiol groups is 1. The Kier molecular flexibility index (Phi) is 4.09. The van der Waals surface area contributed by atoms with Crippen LogP contribution in [-0.2, 0) is 9.59 Å². The van der Waals surface area contributed by atoms with E-state index in [-0.39, 0.29) is 12.8 Å². The van der Waals surface area contributed by atoms with Crippen molar-refractivity contribution in [1.29, 1.82) is 0 Å². The third-order valence-corrected chi connectivity index (χ3v) is 1.93. The molecule has 0 aromatic carbocycles. The van der Waals surface area contributed by atoms with Crippen molar-refractivity contribution >= 4 is 24.6 Å². The van der Waals surface area contributed by atoms with Gasteiger partial charge in [-0.1, -0.05) is 0 Å². The lowest BCUT2D eigenvalue weighted by atomic mass is 10.0. The number of carbonyl (C=O) groups is 2. The molecular weight excluding hydrogens is 180 g/mol. The smallest absolute Gasteiger partial charge is 0.319 e. The van der Waals surface area contributed by atoms with Crippen LogP contribution in [0.1, 0.15) is 26.2 Å². The van der Waals surface area contributed by atoms with Crippen LogP contribution < -0.4 is 0 Å². The summed E-state index contributed by atoms with van der Waals surface area (Å²) in [6.07, 6.45) is 0.586. The van der Waals surface area contributed by atoms with E-state index < -0.39 is 16.7 Å². The first kappa shape index (κ1) is 11.3. The van der Waals surface area contributed by atoms with E-state index in [1.54, 1.807) is 0 Å². The predicted molar refractivity (Wildman–Crippen MR) is 46.5 cm³/mol. The van der Waals surface area contributed by atoms with Crippen LogP contribution in [0.15, 0.2) is 0 Å². The summed E-state index contributed by atoms with van der Waals surface area (Å²) in [5, 5.41) is 16.9. The zero-order valence-corrected chi connectivity index (χ0v) is 7.67. The Morgan fingerprint density at radius 1 is 1.42 bits per heavy atom. The molecule has 1 unspecified atom stereocenters. The summed E-state index contributed by atoms with van der Waals surface area (Å²) in [4.78, 5) is 20.6. The minimum Gasteiger partial charge on any atom is -0.481 e. The highest BCUT2D eigenvalue weighted by atomic mass is 32.1. The van der Waals surface area contributed by atoms with E-state index >= 15 is 0 Å². The Morgan fingerprint density at radius 2 is 1.92 bits per heavy atom. The highest BCUT2D eigenvalue weighted by molar-refractivity contribution is 7.82. The Bertz CT molecular complexity index is 188. The molecule has 2 N–H and O–H groups in total. The Balaban J connectivity index is 3.76. The Morgan fingerprint density at radius 3 is 2.25 bits per heavy atom. The van der Waals surface area contributed by atoms with Gasteiger partial charge in [-0.25, -0.2) is 0 Å². The molecule has 0 radical (unpaired) electrons. The van der Waals surface area contributed by atoms with Crippen molar-refractivity contribution < 1.29 is 19.8 Å². The van der Waals surface area contributed by atoms with E-state index in [9.17, 15) is 9.59 Å². The molecule has 0 bridgehead atoms. The molecule has 0 aliphatic rings. The van der Waals surface area contributed by atoms with E-state index in [4.69, 9.17) is 10.2 Å². The van der Waals surface area contributed by atoms with Crippen molar-refractivity contribution in [1.82, 2.24) is 0 Å². The van der Waals surface area contributed by atoms with Gasteiger partial charge in [-0.15, -0.1) is 0 Å². The molecule has 12 heavy (non-hydrogen) atoms. The molecule has 0 heterocycles. The Hall–Kier alpha value is -0.710. The van der Waals surface area contributed by atoms with E-state index in [1.165, 1.54) is 6.92 Å². The molecule has 4 nitrogen and oxygen atoms in total. The second-order valence-corrected chi connectivity index (χ2v) is 3.81. The average Bonchev–Trinajstić information content (AvgIpc) is 1.85. The van der Waals surface area contributed by atoms with Gasteiger partial charge >= 0.3 is 11.9 Å². The maximum atomic E-state index is 10.5. The lowest BCUT2D eigenvalue weighted by molar-refractivity contribution is -0.141. The monoisotopic (exact) mass is 192 g/mol. The zero-order valence-electron chi connectivity index (χ0n) is 6.78. The lowest BCUT2D eigenvalue weighted by Crippen LogP contribution is -2.28. The molecule has 0 aliphatic carbocycles. The molecule has 0 saturated heterocycles. The summed E-state index contributed by atoms with van der Waals surface area (Å²) in [5.74, 6) is -1.93. The summed E-state index contributed by atoms with van der Waals surface area (Å²) < 4.78 is -1.12. The SMILES string of the molecule is CC(S)(CCCC(=O)O)C(=O)O. The van der Waals surface area contributed by atoms with Gasteiger partial charge in [0.15, 0.2) is 0 Å². The summed E-state index contributed by atoms with van der Waals surface area (Å²) >= 11 is 3.89. The first-order valence-corrected chi connectivity index (χ1v) is 3.98. The van der Waals surface area contributed by atoms with E-state index in [1.807, 2.05) is 0 Å². The van der Waals surface area contributed by atoms with Gasteiger partial charge in [0.2, 0.25) is 0 Å². The second-order valence-electron chi connectivity index (χ2n) is 2.83. The molecule has 0 aromatic heterocycles. The molecular formula is C7H12O4S. The standard InChI is InChI=1S/C7H12O4S/c1-7(12,6(10)11)4-2-3-5(8)9/h12H,2-4H2,1H3,(H,8,9)(H,10,11). The molecule has 5 heteroatoms. The number of hydrogen-bond donors (Lipinski definition) is 3. The average molecular weight is 192 g/mol. The van der Waals surface area contributed by atoms with Gasteiger partial charge in [0.1, 0.15) is 4.75 Å². The van der Waals surface area contributed by atoms with Crippen molar-refractivity contribution in [3.05, 3.63) is 0 Å². The number of rotatable bonds is 5. The van der Waals surface area contributed by atoms with Gasteiger partial charge in [-0.2, -0.15) is 12.6 Å². The maximum absolute atomic E-state index is 10.5. The molecule has 0 fully saturated rings.